The lowest BCUT2D eigenvalue weighted by Crippen LogP contribution is -2.10. The van der Waals surface area contributed by atoms with Crippen molar-refractivity contribution in [1.29, 1.82) is 0 Å². The molecular formula is C16H20N4O. The van der Waals surface area contributed by atoms with E-state index in [0.717, 1.165) is 23.5 Å². The van der Waals surface area contributed by atoms with Gasteiger partial charge in [-0.25, -0.2) is 0 Å². The number of rotatable bonds is 5. The highest BCUT2D eigenvalue weighted by atomic mass is 16.1. The van der Waals surface area contributed by atoms with Crippen molar-refractivity contribution >= 4 is 34.3 Å². The number of benzene rings is 2. The standard InChI is InChI=1S/C16H20N4O/c1-2-3-16(21)20-13-7-5-12(6-8-13)19-15-9-4-11(17)10-14(15)18/h4-10,19H,2-3,17-18H2,1H3,(H,20,21). The number of nitrogen functional groups attached to an aromatic ring is 2. The molecule has 2 rings (SSSR count). The molecule has 1 amide bonds. The fraction of sp³-hybridized carbons (Fsp3) is 0.188. The van der Waals surface area contributed by atoms with E-state index in [1.54, 1.807) is 12.1 Å². The van der Waals surface area contributed by atoms with Crippen molar-refractivity contribution in [2.75, 3.05) is 22.1 Å². The van der Waals surface area contributed by atoms with Crippen LogP contribution >= 0.6 is 0 Å². The predicted molar refractivity (Wildman–Crippen MR) is 88.5 cm³/mol. The summed E-state index contributed by atoms with van der Waals surface area (Å²) in [7, 11) is 0. The number of nitrogens with one attached hydrogen (secondary N) is 2. The van der Waals surface area contributed by atoms with E-state index >= 15 is 0 Å². The molecule has 0 heterocycles. The summed E-state index contributed by atoms with van der Waals surface area (Å²) in [4.78, 5) is 11.5. The highest BCUT2D eigenvalue weighted by Gasteiger charge is 2.02. The topological polar surface area (TPSA) is 93.2 Å². The summed E-state index contributed by atoms with van der Waals surface area (Å²) in [5.74, 6) is 0.0287. The van der Waals surface area contributed by atoms with Crippen LogP contribution in [0.2, 0.25) is 0 Å². The van der Waals surface area contributed by atoms with Gasteiger partial charge < -0.3 is 22.1 Å². The van der Waals surface area contributed by atoms with E-state index in [0.29, 0.717) is 17.8 Å². The summed E-state index contributed by atoms with van der Waals surface area (Å²) in [6, 6.07) is 12.8. The van der Waals surface area contributed by atoms with Gasteiger partial charge in [-0.05, 0) is 48.9 Å². The summed E-state index contributed by atoms with van der Waals surface area (Å²) in [5, 5.41) is 6.06. The van der Waals surface area contributed by atoms with Crippen LogP contribution in [-0.2, 0) is 4.79 Å². The van der Waals surface area contributed by atoms with Gasteiger partial charge in [-0.3, -0.25) is 4.79 Å². The van der Waals surface area contributed by atoms with Crippen LogP contribution in [0.15, 0.2) is 42.5 Å². The van der Waals surface area contributed by atoms with Crippen LogP contribution in [0.4, 0.5) is 28.4 Å². The van der Waals surface area contributed by atoms with Crippen LogP contribution in [-0.4, -0.2) is 5.91 Å². The fourth-order valence-electron chi connectivity index (χ4n) is 1.94. The number of hydrogen-bond donors (Lipinski definition) is 4. The number of nitrogens with two attached hydrogens (primary N) is 2. The molecule has 0 radical (unpaired) electrons. The lowest BCUT2D eigenvalue weighted by Gasteiger charge is -2.11. The van der Waals surface area contributed by atoms with Crippen LogP contribution < -0.4 is 22.1 Å². The van der Waals surface area contributed by atoms with Crippen molar-refractivity contribution in [3.63, 3.8) is 0 Å². The number of amides is 1. The van der Waals surface area contributed by atoms with E-state index in [1.165, 1.54) is 0 Å². The summed E-state index contributed by atoms with van der Waals surface area (Å²) in [6.45, 7) is 1.98. The molecule has 0 bridgehead atoms. The fourth-order valence-corrected chi connectivity index (χ4v) is 1.94. The second-order valence-corrected chi connectivity index (χ2v) is 4.85. The Morgan fingerprint density at radius 1 is 1.05 bits per heavy atom. The Morgan fingerprint density at radius 2 is 1.71 bits per heavy atom. The quantitative estimate of drug-likeness (QED) is 0.633. The highest BCUT2D eigenvalue weighted by Crippen LogP contribution is 2.25. The minimum atomic E-state index is 0.0287. The molecule has 0 fully saturated rings. The maximum absolute atomic E-state index is 11.5. The first-order valence-corrected chi connectivity index (χ1v) is 6.90. The Hall–Kier alpha value is -2.69. The van der Waals surface area contributed by atoms with Gasteiger partial charge >= 0.3 is 0 Å². The molecule has 0 aliphatic carbocycles. The van der Waals surface area contributed by atoms with Crippen molar-refractivity contribution in [3.8, 4) is 0 Å². The Morgan fingerprint density at radius 3 is 2.33 bits per heavy atom. The van der Waals surface area contributed by atoms with Gasteiger partial charge in [0.2, 0.25) is 5.91 Å². The van der Waals surface area contributed by atoms with Gasteiger partial charge in [0.05, 0.1) is 11.4 Å². The first-order valence-electron chi connectivity index (χ1n) is 6.90. The van der Waals surface area contributed by atoms with Crippen LogP contribution in [0.25, 0.3) is 0 Å². The van der Waals surface area contributed by atoms with E-state index < -0.39 is 0 Å². The minimum Gasteiger partial charge on any atom is -0.399 e. The first kappa shape index (κ1) is 14.7. The molecule has 5 nitrogen and oxygen atoms in total. The summed E-state index contributed by atoms with van der Waals surface area (Å²) in [6.07, 6.45) is 1.36. The molecule has 2 aromatic carbocycles. The molecule has 0 aliphatic heterocycles. The van der Waals surface area contributed by atoms with Crippen molar-refractivity contribution in [2.45, 2.75) is 19.8 Å². The average Bonchev–Trinajstić information content (AvgIpc) is 2.44. The number of anilines is 5. The number of hydrogen-bond acceptors (Lipinski definition) is 4. The molecule has 21 heavy (non-hydrogen) atoms. The molecule has 110 valence electrons. The van der Waals surface area contributed by atoms with Gasteiger partial charge in [0.25, 0.3) is 0 Å². The smallest absolute Gasteiger partial charge is 0.224 e. The third-order valence-corrected chi connectivity index (χ3v) is 3.00. The Labute approximate surface area is 124 Å². The van der Waals surface area contributed by atoms with Gasteiger partial charge in [-0.1, -0.05) is 6.92 Å². The zero-order valence-corrected chi connectivity index (χ0v) is 12.0. The Balaban J connectivity index is 2.03. The minimum absolute atomic E-state index is 0.0287. The van der Waals surface area contributed by atoms with E-state index in [9.17, 15) is 4.79 Å². The average molecular weight is 284 g/mol. The lowest BCUT2D eigenvalue weighted by atomic mass is 10.2. The van der Waals surface area contributed by atoms with Gasteiger partial charge in [0.15, 0.2) is 0 Å². The predicted octanol–water partition coefficient (Wildman–Crippen LogP) is 3.33. The molecule has 0 unspecified atom stereocenters. The third-order valence-electron chi connectivity index (χ3n) is 3.00. The summed E-state index contributed by atoms with van der Waals surface area (Å²) < 4.78 is 0. The molecule has 6 N–H and O–H groups in total. The Bertz CT molecular complexity index is 623. The van der Waals surface area contributed by atoms with Crippen LogP contribution in [0.5, 0.6) is 0 Å². The van der Waals surface area contributed by atoms with Crippen molar-refractivity contribution in [1.82, 2.24) is 0 Å². The summed E-state index contributed by atoms with van der Waals surface area (Å²) in [5.41, 5.74) is 15.3. The monoisotopic (exact) mass is 284 g/mol. The molecule has 0 spiro atoms. The second-order valence-electron chi connectivity index (χ2n) is 4.85. The summed E-state index contributed by atoms with van der Waals surface area (Å²) >= 11 is 0. The van der Waals surface area contributed by atoms with Gasteiger partial charge in [0, 0.05) is 23.5 Å². The molecule has 0 atom stereocenters. The SMILES string of the molecule is CCCC(=O)Nc1ccc(Nc2ccc(N)cc2N)cc1. The third kappa shape index (κ3) is 4.14. The molecule has 5 heteroatoms. The van der Waals surface area contributed by atoms with Gasteiger partial charge in [-0.2, -0.15) is 0 Å². The maximum atomic E-state index is 11.5. The van der Waals surface area contributed by atoms with Crippen LogP contribution in [0.3, 0.4) is 0 Å². The molecule has 2 aromatic rings. The first-order chi connectivity index (χ1) is 10.1. The van der Waals surface area contributed by atoms with E-state index in [2.05, 4.69) is 10.6 Å². The van der Waals surface area contributed by atoms with Crippen LogP contribution in [0.1, 0.15) is 19.8 Å². The Kier molecular flexibility index (Phi) is 4.66. The van der Waals surface area contributed by atoms with Gasteiger partial charge in [-0.15, -0.1) is 0 Å². The van der Waals surface area contributed by atoms with Crippen LogP contribution in [0, 0.1) is 0 Å². The van der Waals surface area contributed by atoms with Gasteiger partial charge in [0.1, 0.15) is 0 Å². The molecule has 0 aliphatic rings. The zero-order valence-electron chi connectivity index (χ0n) is 12.0. The maximum Gasteiger partial charge on any atom is 0.224 e. The van der Waals surface area contributed by atoms with E-state index in [4.69, 9.17) is 11.5 Å². The van der Waals surface area contributed by atoms with Crippen molar-refractivity contribution in [3.05, 3.63) is 42.5 Å². The number of carbonyl (C=O) groups excluding carboxylic acids is 1. The highest BCUT2D eigenvalue weighted by molar-refractivity contribution is 5.90. The largest absolute Gasteiger partial charge is 0.399 e. The van der Waals surface area contributed by atoms with E-state index in [1.807, 2.05) is 37.3 Å². The second kappa shape index (κ2) is 6.65. The lowest BCUT2D eigenvalue weighted by molar-refractivity contribution is -0.116. The van der Waals surface area contributed by atoms with Crippen molar-refractivity contribution < 1.29 is 4.79 Å². The normalized spacial score (nSPS) is 10.1. The van der Waals surface area contributed by atoms with E-state index in [-0.39, 0.29) is 5.91 Å². The molecule has 0 aromatic heterocycles. The molecule has 0 saturated carbocycles. The number of carbonyl (C=O) groups is 1. The zero-order chi connectivity index (χ0) is 15.2. The van der Waals surface area contributed by atoms with Crippen molar-refractivity contribution in [2.24, 2.45) is 0 Å². The molecule has 0 saturated heterocycles. The molecular weight excluding hydrogens is 264 g/mol.